The lowest BCUT2D eigenvalue weighted by Crippen LogP contribution is -2.41. The van der Waals surface area contributed by atoms with Crippen molar-refractivity contribution < 1.29 is 13.5 Å². The van der Waals surface area contributed by atoms with Crippen LogP contribution >= 0.6 is 0 Å². The Balaban J connectivity index is 2.18. The van der Waals surface area contributed by atoms with Crippen LogP contribution in [0, 0.1) is 5.41 Å². The minimum Gasteiger partial charge on any atom is -0.392 e. The predicted octanol–water partition coefficient (Wildman–Crippen LogP) is 1.43. The van der Waals surface area contributed by atoms with Gasteiger partial charge >= 0.3 is 0 Å². The molecule has 1 heterocycles. The molecule has 1 aliphatic carbocycles. The van der Waals surface area contributed by atoms with Gasteiger partial charge in [0.2, 0.25) is 0 Å². The van der Waals surface area contributed by atoms with E-state index in [1.165, 1.54) is 12.3 Å². The van der Waals surface area contributed by atoms with Crippen molar-refractivity contribution in [2.24, 2.45) is 5.41 Å². The highest BCUT2D eigenvalue weighted by atomic mass is 32.2. The Hall–Kier alpha value is -0.980. The van der Waals surface area contributed by atoms with E-state index in [-0.39, 0.29) is 23.1 Å². The highest BCUT2D eigenvalue weighted by Gasteiger charge is 2.37. The van der Waals surface area contributed by atoms with E-state index in [9.17, 15) is 8.42 Å². The number of nitrogens with zero attached hydrogens (tertiary/aromatic N) is 1. The van der Waals surface area contributed by atoms with Crippen LogP contribution in [0.25, 0.3) is 0 Å². The van der Waals surface area contributed by atoms with Crippen LogP contribution in [0.3, 0.4) is 0 Å². The summed E-state index contributed by atoms with van der Waals surface area (Å²) < 4.78 is 27.2. The van der Waals surface area contributed by atoms with E-state index in [2.05, 4.69) is 23.6 Å². The van der Waals surface area contributed by atoms with Crippen molar-refractivity contribution in [3.63, 3.8) is 0 Å². The Morgan fingerprint density at radius 2 is 2.21 bits per heavy atom. The molecule has 5 nitrogen and oxygen atoms in total. The Bertz CT molecular complexity index is 538. The third kappa shape index (κ3) is 3.13. The molecule has 1 aromatic rings. The van der Waals surface area contributed by atoms with Crippen LogP contribution in [-0.2, 0) is 16.6 Å². The van der Waals surface area contributed by atoms with Crippen molar-refractivity contribution in [1.82, 2.24) is 9.71 Å². The van der Waals surface area contributed by atoms with Gasteiger partial charge in [-0.3, -0.25) is 0 Å². The molecule has 6 heteroatoms. The van der Waals surface area contributed by atoms with E-state index in [1.807, 2.05) is 0 Å². The molecule has 1 unspecified atom stereocenters. The summed E-state index contributed by atoms with van der Waals surface area (Å²) in [4.78, 5) is 3.90. The summed E-state index contributed by atoms with van der Waals surface area (Å²) in [5, 5.41) is 8.93. The Morgan fingerprint density at radius 1 is 1.47 bits per heavy atom. The van der Waals surface area contributed by atoms with E-state index in [0.717, 1.165) is 19.3 Å². The van der Waals surface area contributed by atoms with Gasteiger partial charge in [0, 0.05) is 12.2 Å². The van der Waals surface area contributed by atoms with Gasteiger partial charge in [0.25, 0.3) is 10.0 Å². The van der Waals surface area contributed by atoms with Crippen LogP contribution in [0.1, 0.15) is 38.7 Å². The van der Waals surface area contributed by atoms with Gasteiger partial charge in [0.15, 0.2) is 5.03 Å². The SMILES string of the molecule is CC1(C)CCCC1NS(=O)(=O)c1ccc(CO)cn1. The Labute approximate surface area is 114 Å². The first kappa shape index (κ1) is 14.4. The fraction of sp³-hybridized carbons (Fsp3) is 0.615. The second kappa shape index (κ2) is 5.19. The summed E-state index contributed by atoms with van der Waals surface area (Å²) in [5.41, 5.74) is 0.582. The van der Waals surface area contributed by atoms with Crippen LogP contribution in [0.4, 0.5) is 0 Å². The van der Waals surface area contributed by atoms with E-state index in [0.29, 0.717) is 5.56 Å². The second-order valence-corrected chi connectivity index (χ2v) is 7.38. The van der Waals surface area contributed by atoms with Crippen molar-refractivity contribution >= 4 is 10.0 Å². The molecule has 0 saturated heterocycles. The topological polar surface area (TPSA) is 79.3 Å². The van der Waals surface area contributed by atoms with E-state index >= 15 is 0 Å². The molecular weight excluding hydrogens is 264 g/mol. The lowest BCUT2D eigenvalue weighted by molar-refractivity contribution is 0.281. The fourth-order valence-corrected chi connectivity index (χ4v) is 3.83. The number of aromatic nitrogens is 1. The maximum absolute atomic E-state index is 12.2. The van der Waals surface area contributed by atoms with E-state index < -0.39 is 10.0 Å². The molecule has 0 aromatic carbocycles. The van der Waals surface area contributed by atoms with Gasteiger partial charge in [-0.2, -0.15) is 0 Å². The number of nitrogens with one attached hydrogen (secondary N) is 1. The maximum Gasteiger partial charge on any atom is 0.258 e. The summed E-state index contributed by atoms with van der Waals surface area (Å²) in [6, 6.07) is 2.95. The first-order valence-corrected chi connectivity index (χ1v) is 7.91. The monoisotopic (exact) mass is 284 g/mol. The zero-order chi connectivity index (χ0) is 14.1. The first-order valence-electron chi connectivity index (χ1n) is 6.43. The number of sulfonamides is 1. The summed E-state index contributed by atoms with van der Waals surface area (Å²) in [5.74, 6) is 0. The second-order valence-electron chi connectivity index (χ2n) is 5.72. The lowest BCUT2D eigenvalue weighted by Gasteiger charge is -2.27. The predicted molar refractivity (Wildman–Crippen MR) is 71.9 cm³/mol. The summed E-state index contributed by atoms with van der Waals surface area (Å²) in [6.07, 6.45) is 4.31. The smallest absolute Gasteiger partial charge is 0.258 e. The van der Waals surface area contributed by atoms with E-state index in [4.69, 9.17) is 5.11 Å². The average molecular weight is 284 g/mol. The maximum atomic E-state index is 12.2. The van der Waals surface area contributed by atoms with Gasteiger partial charge in [-0.25, -0.2) is 18.1 Å². The number of hydrogen-bond donors (Lipinski definition) is 2. The molecule has 1 aromatic heterocycles. The number of hydrogen-bond acceptors (Lipinski definition) is 4. The quantitative estimate of drug-likeness (QED) is 0.876. The van der Waals surface area contributed by atoms with Crippen molar-refractivity contribution in [3.05, 3.63) is 23.9 Å². The average Bonchev–Trinajstić information content (AvgIpc) is 2.68. The van der Waals surface area contributed by atoms with Gasteiger partial charge in [-0.05, 0) is 29.9 Å². The number of aliphatic hydroxyl groups is 1. The molecule has 0 bridgehead atoms. The standard InChI is InChI=1S/C13H20N2O3S/c1-13(2)7-3-4-11(13)15-19(17,18)12-6-5-10(9-16)8-14-12/h5-6,8,11,15-16H,3-4,7,9H2,1-2H3. The van der Waals surface area contributed by atoms with Gasteiger partial charge in [0.1, 0.15) is 0 Å². The summed E-state index contributed by atoms with van der Waals surface area (Å²) in [6.45, 7) is 4.02. The van der Waals surface area contributed by atoms with Crippen molar-refractivity contribution in [2.45, 2.75) is 50.8 Å². The van der Waals surface area contributed by atoms with Crippen LogP contribution in [0.5, 0.6) is 0 Å². The molecule has 1 atom stereocenters. The number of pyridine rings is 1. The zero-order valence-electron chi connectivity index (χ0n) is 11.3. The first-order chi connectivity index (χ1) is 8.85. The van der Waals surface area contributed by atoms with Gasteiger partial charge in [-0.1, -0.05) is 26.3 Å². The molecule has 2 N–H and O–H groups in total. The molecular formula is C13H20N2O3S. The number of aliphatic hydroxyl groups excluding tert-OH is 1. The molecule has 0 aliphatic heterocycles. The number of rotatable bonds is 4. The lowest BCUT2D eigenvalue weighted by atomic mass is 9.88. The highest BCUT2D eigenvalue weighted by molar-refractivity contribution is 7.89. The van der Waals surface area contributed by atoms with Gasteiger partial charge in [0.05, 0.1) is 6.61 Å². The zero-order valence-corrected chi connectivity index (χ0v) is 12.1. The van der Waals surface area contributed by atoms with Crippen molar-refractivity contribution in [3.8, 4) is 0 Å². The summed E-state index contributed by atoms with van der Waals surface area (Å²) in [7, 11) is -3.58. The molecule has 0 spiro atoms. The van der Waals surface area contributed by atoms with Gasteiger partial charge < -0.3 is 5.11 Å². The molecule has 0 amide bonds. The third-order valence-electron chi connectivity index (χ3n) is 3.81. The molecule has 1 saturated carbocycles. The molecule has 2 rings (SSSR count). The molecule has 0 radical (unpaired) electrons. The Kier molecular flexibility index (Phi) is 3.94. The molecule has 1 fully saturated rings. The van der Waals surface area contributed by atoms with Crippen LogP contribution in [-0.4, -0.2) is 24.6 Å². The van der Waals surface area contributed by atoms with Crippen molar-refractivity contribution in [2.75, 3.05) is 0 Å². The van der Waals surface area contributed by atoms with Crippen LogP contribution in [0.15, 0.2) is 23.4 Å². The molecule has 106 valence electrons. The summed E-state index contributed by atoms with van der Waals surface area (Å²) >= 11 is 0. The largest absolute Gasteiger partial charge is 0.392 e. The third-order valence-corrected chi connectivity index (χ3v) is 5.20. The normalized spacial score (nSPS) is 22.6. The van der Waals surface area contributed by atoms with E-state index in [1.54, 1.807) is 6.07 Å². The fourth-order valence-electron chi connectivity index (χ4n) is 2.46. The minimum absolute atomic E-state index is 0.00685. The minimum atomic E-state index is -3.58. The van der Waals surface area contributed by atoms with Gasteiger partial charge in [-0.15, -0.1) is 0 Å². The molecule has 1 aliphatic rings. The van der Waals surface area contributed by atoms with Crippen LogP contribution in [0.2, 0.25) is 0 Å². The van der Waals surface area contributed by atoms with Crippen molar-refractivity contribution in [1.29, 1.82) is 0 Å². The Morgan fingerprint density at radius 3 is 2.68 bits per heavy atom. The van der Waals surface area contributed by atoms with Crippen LogP contribution < -0.4 is 4.72 Å². The highest BCUT2D eigenvalue weighted by Crippen LogP contribution is 2.37. The molecule has 19 heavy (non-hydrogen) atoms.